The first kappa shape index (κ1) is 23.2. The van der Waals surface area contributed by atoms with E-state index in [1.807, 2.05) is 54.6 Å². The van der Waals surface area contributed by atoms with E-state index in [0.717, 1.165) is 37.1 Å². The number of nitrogens with one attached hydrogen (secondary N) is 1. The molecule has 0 aliphatic carbocycles. The molecule has 0 radical (unpaired) electrons. The molecule has 4 aromatic rings. The Kier molecular flexibility index (Phi) is 6.94. The first-order valence-electron chi connectivity index (χ1n) is 11.5. The van der Waals surface area contributed by atoms with Crippen molar-refractivity contribution in [3.05, 3.63) is 77.1 Å². The fraction of sp³-hybridized carbons (Fsp3) is 0.250. The van der Waals surface area contributed by atoms with Crippen molar-refractivity contribution in [3.8, 4) is 11.6 Å². The summed E-state index contributed by atoms with van der Waals surface area (Å²) in [5.74, 6) is 0.271. The second kappa shape index (κ2) is 10.8. The largest absolute Gasteiger partial charge is 0.489 e. The average Bonchev–Trinajstić information content (AvgIpc) is 3.65. The molecule has 0 bridgehead atoms. The van der Waals surface area contributed by atoms with Gasteiger partial charge in [-0.15, -0.1) is 5.10 Å². The van der Waals surface area contributed by atoms with E-state index in [9.17, 15) is 4.79 Å². The molecule has 3 N–H and O–H groups in total. The lowest BCUT2D eigenvalue weighted by molar-refractivity contribution is 0.0945. The topological polar surface area (TPSA) is 150 Å². The number of benzene rings is 2. The molecule has 0 saturated carbocycles. The Labute approximate surface area is 206 Å². The van der Waals surface area contributed by atoms with Crippen molar-refractivity contribution in [1.29, 1.82) is 0 Å². The molecular weight excluding hydrogens is 462 g/mol. The van der Waals surface area contributed by atoms with Gasteiger partial charge in [-0.3, -0.25) is 9.69 Å². The Morgan fingerprint density at radius 2 is 1.97 bits per heavy atom. The molecule has 1 saturated heterocycles. The highest BCUT2D eigenvalue weighted by atomic mass is 16.6. The fourth-order valence-electron chi connectivity index (χ4n) is 3.93. The van der Waals surface area contributed by atoms with Crippen LogP contribution in [0.1, 0.15) is 40.2 Å². The van der Waals surface area contributed by atoms with Crippen molar-refractivity contribution in [1.82, 2.24) is 35.6 Å². The highest BCUT2D eigenvalue weighted by Crippen LogP contribution is 2.19. The molecule has 12 heteroatoms. The van der Waals surface area contributed by atoms with Gasteiger partial charge in [-0.2, -0.15) is 9.78 Å². The van der Waals surface area contributed by atoms with Gasteiger partial charge in [-0.25, -0.2) is 10.1 Å². The van der Waals surface area contributed by atoms with Gasteiger partial charge in [0.1, 0.15) is 18.1 Å². The van der Waals surface area contributed by atoms with Crippen LogP contribution in [0.25, 0.3) is 5.82 Å². The first-order valence-corrected chi connectivity index (χ1v) is 11.5. The summed E-state index contributed by atoms with van der Waals surface area (Å²) >= 11 is 0. The number of likely N-dealkylation sites (tertiary alicyclic amines) is 1. The average molecular weight is 488 g/mol. The number of hydrazone groups is 1. The van der Waals surface area contributed by atoms with E-state index < -0.39 is 5.91 Å². The van der Waals surface area contributed by atoms with Crippen LogP contribution in [0.5, 0.6) is 5.75 Å². The predicted molar refractivity (Wildman–Crippen MR) is 130 cm³/mol. The number of hydrogen-bond donors (Lipinski definition) is 2. The summed E-state index contributed by atoms with van der Waals surface area (Å²) in [5, 5.41) is 19.7. The summed E-state index contributed by atoms with van der Waals surface area (Å²) in [6, 6.07) is 17.3. The maximum Gasteiger partial charge on any atom is 0.292 e. The monoisotopic (exact) mass is 487 g/mol. The van der Waals surface area contributed by atoms with E-state index in [1.54, 1.807) is 0 Å². The smallest absolute Gasteiger partial charge is 0.292 e. The summed E-state index contributed by atoms with van der Waals surface area (Å²) in [5.41, 5.74) is 10.9. The summed E-state index contributed by atoms with van der Waals surface area (Å²) in [7, 11) is 0. The molecule has 1 aliphatic rings. The Hall–Kier alpha value is -4.58. The molecule has 2 aromatic heterocycles. The van der Waals surface area contributed by atoms with Crippen LogP contribution >= 0.6 is 0 Å². The number of rotatable bonds is 9. The Morgan fingerprint density at radius 3 is 2.75 bits per heavy atom. The zero-order chi connectivity index (χ0) is 24.7. The molecule has 3 heterocycles. The van der Waals surface area contributed by atoms with Gasteiger partial charge in [0.15, 0.2) is 5.69 Å². The molecule has 0 atom stereocenters. The van der Waals surface area contributed by atoms with Gasteiger partial charge >= 0.3 is 0 Å². The number of nitrogens with two attached hydrogens (primary N) is 1. The van der Waals surface area contributed by atoms with Gasteiger partial charge in [0.05, 0.1) is 6.21 Å². The van der Waals surface area contributed by atoms with Crippen molar-refractivity contribution < 1.29 is 14.2 Å². The van der Waals surface area contributed by atoms with Crippen LogP contribution in [0, 0.1) is 0 Å². The van der Waals surface area contributed by atoms with E-state index >= 15 is 0 Å². The number of carbonyl (C=O) groups excluding carboxylic acids is 1. The molecule has 2 aromatic carbocycles. The number of hydrogen-bond acceptors (Lipinski definition) is 10. The summed E-state index contributed by atoms with van der Waals surface area (Å²) in [6.07, 6.45) is 3.75. The molecule has 1 fully saturated rings. The van der Waals surface area contributed by atoms with Crippen LogP contribution in [0.3, 0.4) is 0 Å². The minimum absolute atomic E-state index is 0.00232. The van der Waals surface area contributed by atoms with E-state index in [1.165, 1.54) is 10.9 Å². The third-order valence-electron chi connectivity index (χ3n) is 5.71. The number of ether oxygens (including phenoxy) is 1. The van der Waals surface area contributed by atoms with Crippen molar-refractivity contribution in [2.45, 2.75) is 26.0 Å². The van der Waals surface area contributed by atoms with E-state index in [0.29, 0.717) is 24.6 Å². The van der Waals surface area contributed by atoms with Crippen molar-refractivity contribution in [3.63, 3.8) is 0 Å². The molecule has 1 aliphatic heterocycles. The van der Waals surface area contributed by atoms with Gasteiger partial charge in [0.2, 0.25) is 11.6 Å². The van der Waals surface area contributed by atoms with Crippen LogP contribution in [0.15, 0.2) is 64.3 Å². The summed E-state index contributed by atoms with van der Waals surface area (Å²) in [6.45, 7) is 2.79. The van der Waals surface area contributed by atoms with E-state index in [2.05, 4.69) is 40.7 Å². The predicted octanol–water partition coefficient (Wildman–Crippen LogP) is 2.17. The van der Waals surface area contributed by atoms with E-state index in [4.69, 9.17) is 10.5 Å². The van der Waals surface area contributed by atoms with E-state index in [-0.39, 0.29) is 17.3 Å². The second-order valence-corrected chi connectivity index (χ2v) is 8.30. The van der Waals surface area contributed by atoms with Gasteiger partial charge in [0.25, 0.3) is 5.91 Å². The SMILES string of the molecule is Nc1nonc1-n1nnc(CN2CCCC2)c1C(=O)N/N=C/c1cccc(OCc2ccccc2)c1. The van der Waals surface area contributed by atoms with Gasteiger partial charge in [0, 0.05) is 6.54 Å². The van der Waals surface area contributed by atoms with Crippen molar-refractivity contribution in [2.24, 2.45) is 5.10 Å². The molecule has 1 amide bonds. The lowest BCUT2D eigenvalue weighted by Crippen LogP contribution is -2.26. The number of anilines is 1. The Morgan fingerprint density at radius 1 is 1.14 bits per heavy atom. The minimum atomic E-state index is -0.510. The lowest BCUT2D eigenvalue weighted by atomic mass is 10.2. The van der Waals surface area contributed by atoms with Crippen LogP contribution in [0.4, 0.5) is 5.82 Å². The molecule has 36 heavy (non-hydrogen) atoms. The standard InChI is InChI=1S/C24H25N9O3/c25-22-23(30-36-29-22)33-21(20(27-31-33)15-32-11-4-5-12-32)24(34)28-26-14-18-9-6-10-19(13-18)35-16-17-7-2-1-3-8-17/h1-3,6-10,13-14H,4-5,11-12,15-16H2,(H2,25,29)(H,28,34)/b26-14+. The molecule has 184 valence electrons. The Bertz CT molecular complexity index is 1340. The number of nitrogens with zero attached hydrogens (tertiary/aromatic N) is 7. The van der Waals surface area contributed by atoms with Crippen LogP contribution < -0.4 is 15.9 Å². The van der Waals surface area contributed by atoms with Crippen LogP contribution in [0.2, 0.25) is 0 Å². The third-order valence-corrected chi connectivity index (χ3v) is 5.71. The van der Waals surface area contributed by atoms with Crippen LogP contribution in [-0.2, 0) is 13.2 Å². The quantitative estimate of drug-likeness (QED) is 0.267. The highest BCUT2D eigenvalue weighted by molar-refractivity contribution is 5.95. The third kappa shape index (κ3) is 5.39. The van der Waals surface area contributed by atoms with Crippen molar-refractivity contribution in [2.75, 3.05) is 18.8 Å². The molecule has 0 unspecified atom stereocenters. The maximum absolute atomic E-state index is 13.2. The minimum Gasteiger partial charge on any atom is -0.489 e. The first-order chi connectivity index (χ1) is 17.7. The number of amides is 1. The summed E-state index contributed by atoms with van der Waals surface area (Å²) in [4.78, 5) is 15.4. The van der Waals surface area contributed by atoms with Crippen molar-refractivity contribution >= 4 is 17.9 Å². The molecule has 12 nitrogen and oxygen atoms in total. The molecule has 5 rings (SSSR count). The molecular formula is C24H25N9O3. The maximum atomic E-state index is 13.2. The lowest BCUT2D eigenvalue weighted by Gasteiger charge is -2.13. The van der Waals surface area contributed by atoms with Crippen LogP contribution in [-0.4, -0.2) is 55.4 Å². The molecule has 0 spiro atoms. The highest BCUT2D eigenvalue weighted by Gasteiger charge is 2.26. The Balaban J connectivity index is 1.29. The zero-order valence-electron chi connectivity index (χ0n) is 19.4. The fourth-order valence-corrected chi connectivity index (χ4v) is 3.93. The normalized spacial score (nSPS) is 13.9. The van der Waals surface area contributed by atoms with Gasteiger partial charge in [-0.1, -0.05) is 47.7 Å². The second-order valence-electron chi connectivity index (χ2n) is 8.30. The summed E-state index contributed by atoms with van der Waals surface area (Å²) < 4.78 is 11.8. The number of aromatic nitrogens is 5. The zero-order valence-corrected chi connectivity index (χ0v) is 19.4. The number of carbonyl (C=O) groups is 1. The van der Waals surface area contributed by atoms with Gasteiger partial charge in [-0.05, 0) is 59.5 Å². The van der Waals surface area contributed by atoms with Gasteiger partial charge < -0.3 is 10.5 Å². The number of nitrogen functional groups attached to an aromatic ring is 1.